The molecule has 0 aromatic carbocycles. The molecule has 0 fully saturated rings. The lowest BCUT2D eigenvalue weighted by Gasteiger charge is -2.10. The summed E-state index contributed by atoms with van der Waals surface area (Å²) in [6, 6.07) is 0. The SMILES string of the molecule is Br.COC(=O)CCNN(C)C. The summed E-state index contributed by atoms with van der Waals surface area (Å²) in [7, 11) is 5.13. The van der Waals surface area contributed by atoms with Gasteiger partial charge in [0.05, 0.1) is 13.5 Å². The van der Waals surface area contributed by atoms with Gasteiger partial charge in [-0.2, -0.15) is 0 Å². The molecule has 0 bridgehead atoms. The zero-order valence-corrected chi connectivity index (χ0v) is 8.80. The monoisotopic (exact) mass is 226 g/mol. The van der Waals surface area contributed by atoms with Gasteiger partial charge in [0.1, 0.15) is 0 Å². The number of carbonyl (C=O) groups is 1. The Labute approximate surface area is 77.6 Å². The standard InChI is InChI=1S/C6H14N2O2.BrH/c1-8(2)7-5-4-6(9)10-3;/h7H,4-5H2,1-3H3;1H. The van der Waals surface area contributed by atoms with E-state index in [9.17, 15) is 4.79 Å². The molecule has 0 aliphatic rings. The number of methoxy groups -OCH3 is 1. The fraction of sp³-hybridized carbons (Fsp3) is 0.833. The lowest BCUT2D eigenvalue weighted by molar-refractivity contribution is -0.140. The molecule has 0 atom stereocenters. The van der Waals surface area contributed by atoms with Crippen molar-refractivity contribution in [2.75, 3.05) is 27.7 Å². The Kier molecular flexibility index (Phi) is 9.75. The smallest absolute Gasteiger partial charge is 0.306 e. The van der Waals surface area contributed by atoms with Crippen molar-refractivity contribution in [3.05, 3.63) is 0 Å². The first-order chi connectivity index (χ1) is 4.66. The van der Waals surface area contributed by atoms with Crippen molar-refractivity contribution in [3.63, 3.8) is 0 Å². The zero-order chi connectivity index (χ0) is 7.98. The molecule has 0 aliphatic carbocycles. The Balaban J connectivity index is 0. The molecule has 68 valence electrons. The van der Waals surface area contributed by atoms with Gasteiger partial charge >= 0.3 is 5.97 Å². The van der Waals surface area contributed by atoms with Crippen LogP contribution in [0.5, 0.6) is 0 Å². The Morgan fingerprint density at radius 3 is 2.45 bits per heavy atom. The summed E-state index contributed by atoms with van der Waals surface area (Å²) in [5.41, 5.74) is 2.94. The minimum Gasteiger partial charge on any atom is -0.469 e. The third-order valence-electron chi connectivity index (χ3n) is 0.985. The molecule has 0 amide bonds. The summed E-state index contributed by atoms with van der Waals surface area (Å²) >= 11 is 0. The summed E-state index contributed by atoms with van der Waals surface area (Å²) < 4.78 is 4.43. The number of ether oxygens (including phenoxy) is 1. The van der Waals surface area contributed by atoms with Crippen LogP contribution in [0.2, 0.25) is 0 Å². The number of nitrogens with zero attached hydrogens (tertiary/aromatic N) is 1. The predicted molar refractivity (Wildman–Crippen MR) is 48.6 cm³/mol. The molecule has 4 nitrogen and oxygen atoms in total. The predicted octanol–water partition coefficient (Wildman–Crippen LogP) is 0.194. The van der Waals surface area contributed by atoms with Crippen molar-refractivity contribution in [2.24, 2.45) is 0 Å². The van der Waals surface area contributed by atoms with Crippen molar-refractivity contribution >= 4 is 23.0 Å². The molecule has 0 heterocycles. The molecule has 1 N–H and O–H groups in total. The molecule has 0 unspecified atom stereocenters. The van der Waals surface area contributed by atoms with E-state index in [1.807, 2.05) is 14.1 Å². The molecule has 0 rings (SSSR count). The van der Waals surface area contributed by atoms with Crippen LogP contribution in [0.25, 0.3) is 0 Å². The van der Waals surface area contributed by atoms with Crippen LogP contribution in [0, 0.1) is 0 Å². The molecule has 0 aromatic rings. The van der Waals surface area contributed by atoms with Crippen LogP contribution in [-0.2, 0) is 9.53 Å². The highest BCUT2D eigenvalue weighted by atomic mass is 79.9. The number of halogens is 1. The van der Waals surface area contributed by atoms with Crippen molar-refractivity contribution in [1.82, 2.24) is 10.4 Å². The quantitative estimate of drug-likeness (QED) is 0.550. The van der Waals surface area contributed by atoms with E-state index in [1.54, 1.807) is 5.01 Å². The molecular formula is C6H15BrN2O2. The van der Waals surface area contributed by atoms with Crippen LogP contribution >= 0.6 is 17.0 Å². The highest BCUT2D eigenvalue weighted by Gasteiger charge is 1.97. The fourth-order valence-corrected chi connectivity index (χ4v) is 0.484. The Hall–Kier alpha value is -0.130. The summed E-state index contributed by atoms with van der Waals surface area (Å²) in [4.78, 5) is 10.5. The van der Waals surface area contributed by atoms with E-state index in [-0.39, 0.29) is 23.0 Å². The minimum atomic E-state index is -0.186. The van der Waals surface area contributed by atoms with Gasteiger partial charge in [-0.15, -0.1) is 17.0 Å². The van der Waals surface area contributed by atoms with E-state index in [0.29, 0.717) is 13.0 Å². The maximum absolute atomic E-state index is 10.5. The van der Waals surface area contributed by atoms with E-state index >= 15 is 0 Å². The van der Waals surface area contributed by atoms with Crippen molar-refractivity contribution < 1.29 is 9.53 Å². The van der Waals surface area contributed by atoms with Gasteiger partial charge in [-0.1, -0.05) is 0 Å². The van der Waals surface area contributed by atoms with Crippen LogP contribution in [0.4, 0.5) is 0 Å². The third-order valence-corrected chi connectivity index (χ3v) is 0.985. The van der Waals surface area contributed by atoms with Gasteiger partial charge in [0, 0.05) is 20.6 Å². The fourth-order valence-electron chi connectivity index (χ4n) is 0.484. The molecule has 0 saturated heterocycles. The maximum atomic E-state index is 10.5. The number of hydrogen-bond acceptors (Lipinski definition) is 4. The highest BCUT2D eigenvalue weighted by Crippen LogP contribution is 1.80. The van der Waals surface area contributed by atoms with Crippen LogP contribution in [-0.4, -0.2) is 38.7 Å². The number of nitrogens with one attached hydrogen (secondary N) is 1. The number of esters is 1. The lowest BCUT2D eigenvalue weighted by Crippen LogP contribution is -2.32. The van der Waals surface area contributed by atoms with E-state index in [1.165, 1.54) is 7.11 Å². The van der Waals surface area contributed by atoms with Crippen LogP contribution < -0.4 is 5.43 Å². The maximum Gasteiger partial charge on any atom is 0.306 e. The van der Waals surface area contributed by atoms with Gasteiger partial charge < -0.3 is 4.74 Å². The molecule has 0 radical (unpaired) electrons. The first-order valence-corrected chi connectivity index (χ1v) is 3.14. The van der Waals surface area contributed by atoms with Gasteiger partial charge in [-0.05, 0) is 0 Å². The van der Waals surface area contributed by atoms with Crippen molar-refractivity contribution in [2.45, 2.75) is 6.42 Å². The first-order valence-electron chi connectivity index (χ1n) is 3.14. The lowest BCUT2D eigenvalue weighted by atomic mass is 10.4. The minimum absolute atomic E-state index is 0. The number of hydrogen-bond donors (Lipinski definition) is 1. The largest absolute Gasteiger partial charge is 0.469 e. The second-order valence-electron chi connectivity index (χ2n) is 2.13. The van der Waals surface area contributed by atoms with E-state index in [4.69, 9.17) is 0 Å². The normalized spacial score (nSPS) is 9.09. The molecular weight excluding hydrogens is 212 g/mol. The van der Waals surface area contributed by atoms with E-state index < -0.39 is 0 Å². The molecule has 0 spiro atoms. The number of carbonyl (C=O) groups excluding carboxylic acids is 1. The topological polar surface area (TPSA) is 41.6 Å². The Morgan fingerprint density at radius 1 is 1.55 bits per heavy atom. The third kappa shape index (κ3) is 9.87. The molecule has 0 aliphatic heterocycles. The second kappa shape index (κ2) is 7.97. The van der Waals surface area contributed by atoms with Gasteiger partial charge in [0.15, 0.2) is 0 Å². The Bertz CT molecular complexity index is 109. The zero-order valence-electron chi connectivity index (χ0n) is 7.09. The van der Waals surface area contributed by atoms with E-state index in [2.05, 4.69) is 10.2 Å². The number of hydrazine groups is 1. The van der Waals surface area contributed by atoms with Gasteiger partial charge in [-0.3, -0.25) is 15.2 Å². The Morgan fingerprint density at radius 2 is 2.09 bits per heavy atom. The summed E-state index contributed by atoms with van der Waals surface area (Å²) in [6.45, 7) is 0.625. The van der Waals surface area contributed by atoms with Crippen molar-refractivity contribution in [1.29, 1.82) is 0 Å². The van der Waals surface area contributed by atoms with Gasteiger partial charge in [0.25, 0.3) is 0 Å². The van der Waals surface area contributed by atoms with Crippen molar-refractivity contribution in [3.8, 4) is 0 Å². The second-order valence-corrected chi connectivity index (χ2v) is 2.13. The van der Waals surface area contributed by atoms with Crippen LogP contribution in [0.1, 0.15) is 6.42 Å². The highest BCUT2D eigenvalue weighted by molar-refractivity contribution is 8.93. The first kappa shape index (κ1) is 13.5. The molecule has 0 aromatic heterocycles. The molecule has 0 saturated carbocycles. The van der Waals surface area contributed by atoms with Gasteiger partial charge in [-0.25, -0.2) is 0 Å². The summed E-state index contributed by atoms with van der Waals surface area (Å²) in [6.07, 6.45) is 0.411. The average Bonchev–Trinajstić information content (AvgIpc) is 1.87. The van der Waals surface area contributed by atoms with E-state index in [0.717, 1.165) is 0 Å². The van der Waals surface area contributed by atoms with Crippen LogP contribution in [0.3, 0.4) is 0 Å². The molecule has 11 heavy (non-hydrogen) atoms. The number of rotatable bonds is 4. The molecule has 5 heteroatoms. The van der Waals surface area contributed by atoms with Crippen LogP contribution in [0.15, 0.2) is 0 Å². The summed E-state index contributed by atoms with van der Waals surface area (Å²) in [5, 5.41) is 1.79. The average molecular weight is 227 g/mol. The van der Waals surface area contributed by atoms with Gasteiger partial charge in [0.2, 0.25) is 0 Å². The summed E-state index contributed by atoms with van der Waals surface area (Å²) in [5.74, 6) is -0.186.